The van der Waals surface area contributed by atoms with Gasteiger partial charge >= 0.3 is 0 Å². The number of thiophene rings is 1. The van der Waals surface area contributed by atoms with Crippen LogP contribution in [-0.4, -0.2) is 30.4 Å². The van der Waals surface area contributed by atoms with Crippen LogP contribution in [0.15, 0.2) is 30.3 Å². The quantitative estimate of drug-likeness (QED) is 0.843. The Morgan fingerprint density at radius 3 is 2.67 bits per heavy atom. The predicted octanol–water partition coefficient (Wildman–Crippen LogP) is 3.81. The van der Waals surface area contributed by atoms with Crippen LogP contribution in [0, 0.1) is 0 Å². The van der Waals surface area contributed by atoms with Crippen LogP contribution in [0.3, 0.4) is 0 Å². The van der Waals surface area contributed by atoms with E-state index in [0.717, 1.165) is 19.6 Å². The van der Waals surface area contributed by atoms with Crippen molar-refractivity contribution in [1.82, 2.24) is 10.2 Å². The highest BCUT2D eigenvalue weighted by molar-refractivity contribution is 7.19. The van der Waals surface area contributed by atoms with Crippen molar-refractivity contribution in [3.8, 4) is 0 Å². The van der Waals surface area contributed by atoms with Gasteiger partial charge in [-0.15, -0.1) is 11.3 Å². The number of hydrogen-bond donors (Lipinski definition) is 1. The van der Waals surface area contributed by atoms with Gasteiger partial charge in [0.15, 0.2) is 0 Å². The van der Waals surface area contributed by atoms with Gasteiger partial charge in [0.1, 0.15) is 0 Å². The van der Waals surface area contributed by atoms with E-state index in [-0.39, 0.29) is 11.9 Å². The Balaban J connectivity index is 1.87. The summed E-state index contributed by atoms with van der Waals surface area (Å²) in [7, 11) is 0. The molecule has 2 aromatic rings. The van der Waals surface area contributed by atoms with Gasteiger partial charge in [0.2, 0.25) is 5.91 Å². The fourth-order valence-corrected chi connectivity index (χ4v) is 3.54. The molecule has 1 N–H and O–H groups in total. The van der Waals surface area contributed by atoms with Crippen molar-refractivity contribution in [2.75, 3.05) is 19.6 Å². The van der Waals surface area contributed by atoms with E-state index in [0.29, 0.717) is 6.42 Å². The lowest BCUT2D eigenvalue weighted by Gasteiger charge is -2.19. The first kappa shape index (κ1) is 16.0. The van der Waals surface area contributed by atoms with Crippen LogP contribution in [0.25, 0.3) is 10.1 Å². The number of hydrogen-bond acceptors (Lipinski definition) is 3. The monoisotopic (exact) mass is 304 g/mol. The summed E-state index contributed by atoms with van der Waals surface area (Å²) in [6.07, 6.45) is 0.566. The first-order valence-corrected chi connectivity index (χ1v) is 8.47. The molecule has 0 saturated heterocycles. The Morgan fingerprint density at radius 1 is 1.29 bits per heavy atom. The van der Waals surface area contributed by atoms with E-state index in [1.807, 2.05) is 30.1 Å². The summed E-state index contributed by atoms with van der Waals surface area (Å²) in [5.74, 6) is 0.232. The largest absolute Gasteiger partial charge is 0.343 e. The lowest BCUT2D eigenvalue weighted by molar-refractivity contribution is -0.130. The van der Waals surface area contributed by atoms with Crippen molar-refractivity contribution in [2.24, 2.45) is 0 Å². The highest BCUT2D eigenvalue weighted by atomic mass is 32.1. The minimum Gasteiger partial charge on any atom is -0.343 e. The molecular weight excluding hydrogens is 280 g/mol. The van der Waals surface area contributed by atoms with E-state index in [1.54, 1.807) is 0 Å². The summed E-state index contributed by atoms with van der Waals surface area (Å²) in [6.45, 7) is 8.52. The molecule has 1 aromatic carbocycles. The lowest BCUT2D eigenvalue weighted by Crippen LogP contribution is -2.33. The highest BCUT2D eigenvalue weighted by Crippen LogP contribution is 2.29. The number of carbonyl (C=O) groups excluding carboxylic acids is 1. The van der Waals surface area contributed by atoms with Crippen LogP contribution in [0.5, 0.6) is 0 Å². The molecule has 1 aromatic heterocycles. The van der Waals surface area contributed by atoms with Crippen molar-refractivity contribution in [2.45, 2.75) is 33.2 Å². The van der Waals surface area contributed by atoms with Gasteiger partial charge in [-0.25, -0.2) is 0 Å². The van der Waals surface area contributed by atoms with Crippen molar-refractivity contribution >= 4 is 27.3 Å². The van der Waals surface area contributed by atoms with E-state index in [2.05, 4.69) is 42.6 Å². The van der Waals surface area contributed by atoms with Gasteiger partial charge in [-0.1, -0.05) is 18.2 Å². The fourth-order valence-electron chi connectivity index (χ4n) is 2.45. The minimum absolute atomic E-state index is 0.232. The van der Waals surface area contributed by atoms with E-state index in [4.69, 9.17) is 0 Å². The number of nitrogens with zero attached hydrogens (tertiary/aromatic N) is 1. The summed E-state index contributed by atoms with van der Waals surface area (Å²) in [5.41, 5.74) is 0. The van der Waals surface area contributed by atoms with Gasteiger partial charge in [0.05, 0.1) is 0 Å². The number of rotatable bonds is 7. The van der Waals surface area contributed by atoms with Crippen LogP contribution in [0.1, 0.15) is 38.1 Å². The fraction of sp³-hybridized carbons (Fsp3) is 0.471. The van der Waals surface area contributed by atoms with E-state index in [9.17, 15) is 4.79 Å². The molecule has 21 heavy (non-hydrogen) atoms. The first-order valence-electron chi connectivity index (χ1n) is 7.65. The molecule has 0 aliphatic heterocycles. The summed E-state index contributed by atoms with van der Waals surface area (Å²) in [6, 6.07) is 11.0. The van der Waals surface area contributed by atoms with E-state index < -0.39 is 0 Å². The second kappa shape index (κ2) is 7.57. The molecule has 1 atom stereocenters. The van der Waals surface area contributed by atoms with Gasteiger partial charge in [0, 0.05) is 41.7 Å². The van der Waals surface area contributed by atoms with Gasteiger partial charge in [-0.05, 0) is 38.3 Å². The topological polar surface area (TPSA) is 32.3 Å². The van der Waals surface area contributed by atoms with Crippen LogP contribution < -0.4 is 5.32 Å². The Kier molecular flexibility index (Phi) is 5.76. The molecule has 1 heterocycles. The summed E-state index contributed by atoms with van der Waals surface area (Å²) < 4.78 is 1.32. The maximum absolute atomic E-state index is 12.0. The predicted molar refractivity (Wildman–Crippen MR) is 90.8 cm³/mol. The molecule has 4 heteroatoms. The molecule has 0 radical (unpaired) electrons. The lowest BCUT2D eigenvalue weighted by atomic mass is 10.2. The Morgan fingerprint density at radius 2 is 2.00 bits per heavy atom. The van der Waals surface area contributed by atoms with Gasteiger partial charge in [-0.2, -0.15) is 0 Å². The molecule has 0 spiro atoms. The van der Waals surface area contributed by atoms with Gasteiger partial charge in [-0.3, -0.25) is 4.79 Å². The Hall–Kier alpha value is -1.39. The third kappa shape index (κ3) is 4.05. The van der Waals surface area contributed by atoms with Crippen molar-refractivity contribution < 1.29 is 4.79 Å². The minimum atomic E-state index is 0.232. The molecule has 1 amide bonds. The second-order valence-electron chi connectivity index (χ2n) is 5.18. The summed E-state index contributed by atoms with van der Waals surface area (Å²) in [4.78, 5) is 15.2. The average Bonchev–Trinajstić information content (AvgIpc) is 2.92. The third-order valence-corrected chi connectivity index (χ3v) is 5.08. The Labute approximate surface area is 131 Å². The van der Waals surface area contributed by atoms with Crippen LogP contribution in [0.2, 0.25) is 0 Å². The molecule has 114 valence electrons. The molecular formula is C17H24N2OS. The molecule has 1 unspecified atom stereocenters. The maximum Gasteiger partial charge on any atom is 0.223 e. The van der Waals surface area contributed by atoms with Crippen molar-refractivity contribution in [3.63, 3.8) is 0 Å². The number of carbonyl (C=O) groups is 1. The third-order valence-electron chi connectivity index (χ3n) is 3.78. The van der Waals surface area contributed by atoms with Crippen LogP contribution in [-0.2, 0) is 4.79 Å². The van der Waals surface area contributed by atoms with E-state index in [1.165, 1.54) is 15.0 Å². The first-order chi connectivity index (χ1) is 10.2. The van der Waals surface area contributed by atoms with E-state index >= 15 is 0 Å². The summed E-state index contributed by atoms with van der Waals surface area (Å²) >= 11 is 1.82. The number of benzene rings is 1. The normalized spacial score (nSPS) is 12.5. The highest BCUT2D eigenvalue weighted by Gasteiger charge is 2.12. The van der Waals surface area contributed by atoms with Crippen LogP contribution in [0.4, 0.5) is 0 Å². The molecule has 0 saturated carbocycles. The number of amides is 1. The van der Waals surface area contributed by atoms with Gasteiger partial charge < -0.3 is 10.2 Å². The standard InChI is InChI=1S/C17H24N2OS/c1-4-19(5-2)17(20)10-11-18-13(3)16-12-14-8-6-7-9-15(14)21-16/h6-9,12-13,18H,4-5,10-11H2,1-3H3. The number of nitrogens with one attached hydrogen (secondary N) is 1. The molecule has 2 rings (SSSR count). The average molecular weight is 304 g/mol. The molecule has 3 nitrogen and oxygen atoms in total. The smallest absolute Gasteiger partial charge is 0.223 e. The molecule has 0 aliphatic carbocycles. The molecule has 0 bridgehead atoms. The zero-order valence-electron chi connectivity index (χ0n) is 13.1. The van der Waals surface area contributed by atoms with Crippen molar-refractivity contribution in [1.29, 1.82) is 0 Å². The van der Waals surface area contributed by atoms with Crippen LogP contribution >= 0.6 is 11.3 Å². The number of fused-ring (bicyclic) bond motifs is 1. The van der Waals surface area contributed by atoms with Gasteiger partial charge in [0.25, 0.3) is 0 Å². The van der Waals surface area contributed by atoms with Crippen molar-refractivity contribution in [3.05, 3.63) is 35.2 Å². The molecule has 0 fully saturated rings. The maximum atomic E-state index is 12.0. The molecule has 0 aliphatic rings. The summed E-state index contributed by atoms with van der Waals surface area (Å²) in [5, 5.41) is 4.75. The SMILES string of the molecule is CCN(CC)C(=O)CCNC(C)c1cc2ccccc2s1. The Bertz CT molecular complexity index is 556. The second-order valence-corrected chi connectivity index (χ2v) is 6.29. The zero-order valence-corrected chi connectivity index (χ0v) is 13.9. The zero-order chi connectivity index (χ0) is 15.2.